The van der Waals surface area contributed by atoms with E-state index in [4.69, 9.17) is 18.9 Å². The Kier molecular flexibility index (Phi) is 12.5. The molecule has 6 heteroatoms. The fourth-order valence-corrected chi connectivity index (χ4v) is 2.95. The summed E-state index contributed by atoms with van der Waals surface area (Å²) in [7, 11) is 0. The monoisotopic (exact) mass is 468 g/mol. The Labute approximate surface area is 202 Å². The third-order valence-electron chi connectivity index (χ3n) is 5.27. The van der Waals surface area contributed by atoms with Crippen LogP contribution in [0.3, 0.4) is 0 Å². The Balaban J connectivity index is 1.71. The molecular weight excluding hydrogens is 432 g/mol. The van der Waals surface area contributed by atoms with Crippen molar-refractivity contribution >= 4 is 11.9 Å². The maximum absolute atomic E-state index is 12.4. The van der Waals surface area contributed by atoms with Crippen LogP contribution in [0.15, 0.2) is 61.2 Å². The molecule has 0 heterocycles. The molecule has 184 valence electrons. The second-order valence-corrected chi connectivity index (χ2v) is 8.18. The Bertz CT molecular complexity index is 873. The van der Waals surface area contributed by atoms with Gasteiger partial charge >= 0.3 is 11.9 Å². The SMILES string of the molecule is C=CCOCCCCCCOc1ccc(C(=O)Oc2ccc(C(=O)OCC(C)CC)cc2)cc1. The van der Waals surface area contributed by atoms with Crippen LogP contribution in [0.1, 0.15) is 66.7 Å². The Hall–Kier alpha value is -3.12. The first-order chi connectivity index (χ1) is 16.5. The van der Waals surface area contributed by atoms with Crippen molar-refractivity contribution in [1.29, 1.82) is 0 Å². The quantitative estimate of drug-likeness (QED) is 0.125. The van der Waals surface area contributed by atoms with Crippen LogP contribution < -0.4 is 9.47 Å². The highest BCUT2D eigenvalue weighted by Crippen LogP contribution is 2.18. The number of ether oxygens (including phenoxy) is 4. The number of hydrogen-bond acceptors (Lipinski definition) is 6. The zero-order chi connectivity index (χ0) is 24.6. The van der Waals surface area contributed by atoms with Gasteiger partial charge in [-0.25, -0.2) is 9.59 Å². The van der Waals surface area contributed by atoms with Gasteiger partial charge in [0, 0.05) is 6.61 Å². The molecule has 2 rings (SSSR count). The zero-order valence-electron chi connectivity index (χ0n) is 20.3. The summed E-state index contributed by atoms with van der Waals surface area (Å²) < 4.78 is 21.8. The van der Waals surface area contributed by atoms with Crippen LogP contribution in [0, 0.1) is 5.92 Å². The van der Waals surface area contributed by atoms with Crippen molar-refractivity contribution in [2.24, 2.45) is 5.92 Å². The lowest BCUT2D eigenvalue weighted by atomic mass is 10.1. The summed E-state index contributed by atoms with van der Waals surface area (Å²) in [6.45, 7) is 10.1. The smallest absolute Gasteiger partial charge is 0.343 e. The molecule has 0 aromatic heterocycles. The van der Waals surface area contributed by atoms with E-state index in [-0.39, 0.29) is 5.97 Å². The van der Waals surface area contributed by atoms with Crippen molar-refractivity contribution in [2.45, 2.75) is 46.0 Å². The second-order valence-electron chi connectivity index (χ2n) is 8.18. The standard InChI is InChI=1S/C28H36O6/c1-4-18-31-19-8-6-7-9-20-32-25-14-10-24(11-15-25)28(30)34-26-16-12-23(13-17-26)27(29)33-21-22(3)5-2/h4,10-17,22H,1,5-9,18-21H2,2-3H3. The van der Waals surface area contributed by atoms with Crippen molar-refractivity contribution in [3.63, 3.8) is 0 Å². The molecule has 0 amide bonds. The minimum absolute atomic E-state index is 0.318. The van der Waals surface area contributed by atoms with Crippen molar-refractivity contribution < 1.29 is 28.5 Å². The number of rotatable bonds is 16. The number of carbonyl (C=O) groups is 2. The predicted octanol–water partition coefficient (Wildman–Crippen LogP) is 6.25. The third-order valence-corrected chi connectivity index (χ3v) is 5.27. The van der Waals surface area contributed by atoms with Gasteiger partial charge in [0.2, 0.25) is 0 Å². The maximum Gasteiger partial charge on any atom is 0.343 e. The molecular formula is C28H36O6. The van der Waals surface area contributed by atoms with Gasteiger partial charge in [0.15, 0.2) is 0 Å². The van der Waals surface area contributed by atoms with Crippen molar-refractivity contribution in [2.75, 3.05) is 26.4 Å². The molecule has 0 bridgehead atoms. The molecule has 34 heavy (non-hydrogen) atoms. The summed E-state index contributed by atoms with van der Waals surface area (Å²) in [6.07, 6.45) is 6.89. The van der Waals surface area contributed by atoms with E-state index in [1.165, 1.54) is 0 Å². The van der Waals surface area contributed by atoms with Crippen LogP contribution in [0.2, 0.25) is 0 Å². The molecule has 2 aromatic rings. The number of benzene rings is 2. The largest absolute Gasteiger partial charge is 0.494 e. The van der Waals surface area contributed by atoms with E-state index in [9.17, 15) is 9.59 Å². The van der Waals surface area contributed by atoms with Gasteiger partial charge in [-0.1, -0.05) is 32.8 Å². The number of esters is 2. The molecule has 0 N–H and O–H groups in total. The topological polar surface area (TPSA) is 71.1 Å². The number of carbonyl (C=O) groups excluding carboxylic acids is 2. The van der Waals surface area contributed by atoms with Gasteiger partial charge in [-0.3, -0.25) is 0 Å². The second kappa shape index (κ2) is 15.7. The molecule has 1 unspecified atom stereocenters. The molecule has 2 aromatic carbocycles. The number of unbranched alkanes of at least 4 members (excludes halogenated alkanes) is 3. The minimum Gasteiger partial charge on any atom is -0.494 e. The summed E-state index contributed by atoms with van der Waals surface area (Å²) >= 11 is 0. The van der Waals surface area contributed by atoms with Crippen LogP contribution in [0.5, 0.6) is 11.5 Å². The van der Waals surface area contributed by atoms with Gasteiger partial charge < -0.3 is 18.9 Å². The first kappa shape index (κ1) is 27.1. The fraction of sp³-hybridized carbons (Fsp3) is 0.429. The molecule has 0 aliphatic carbocycles. The molecule has 1 atom stereocenters. The molecule has 0 aliphatic heterocycles. The Morgan fingerprint density at radius 3 is 2.06 bits per heavy atom. The Morgan fingerprint density at radius 2 is 1.44 bits per heavy atom. The van der Waals surface area contributed by atoms with Crippen LogP contribution >= 0.6 is 0 Å². The van der Waals surface area contributed by atoms with Crippen molar-refractivity contribution in [3.05, 3.63) is 72.3 Å². The maximum atomic E-state index is 12.4. The molecule has 0 saturated carbocycles. The number of hydrogen-bond donors (Lipinski definition) is 0. The summed E-state index contributed by atoms with van der Waals surface area (Å²) in [6, 6.07) is 13.2. The van der Waals surface area contributed by atoms with E-state index < -0.39 is 5.97 Å². The lowest BCUT2D eigenvalue weighted by Crippen LogP contribution is -2.12. The molecule has 0 aliphatic rings. The third kappa shape index (κ3) is 10.2. The van der Waals surface area contributed by atoms with Gasteiger partial charge in [-0.2, -0.15) is 0 Å². The molecule has 6 nitrogen and oxygen atoms in total. The first-order valence-corrected chi connectivity index (χ1v) is 11.9. The fourth-order valence-electron chi connectivity index (χ4n) is 2.95. The first-order valence-electron chi connectivity index (χ1n) is 11.9. The summed E-state index contributed by atoms with van der Waals surface area (Å²) in [5.41, 5.74) is 0.842. The average Bonchev–Trinajstić information content (AvgIpc) is 2.86. The molecule has 0 radical (unpaired) electrons. The minimum atomic E-state index is -0.475. The van der Waals surface area contributed by atoms with Crippen LogP contribution in [0.25, 0.3) is 0 Å². The highest BCUT2D eigenvalue weighted by atomic mass is 16.5. The van der Waals surface area contributed by atoms with E-state index >= 15 is 0 Å². The molecule has 0 saturated heterocycles. The Morgan fingerprint density at radius 1 is 0.853 bits per heavy atom. The van der Waals surface area contributed by atoms with E-state index in [1.807, 2.05) is 6.92 Å². The van der Waals surface area contributed by atoms with Gasteiger partial charge in [-0.15, -0.1) is 6.58 Å². The van der Waals surface area contributed by atoms with Crippen LogP contribution in [-0.2, 0) is 9.47 Å². The predicted molar refractivity (Wildman–Crippen MR) is 133 cm³/mol. The van der Waals surface area contributed by atoms with E-state index in [1.54, 1.807) is 54.6 Å². The normalized spacial score (nSPS) is 11.5. The zero-order valence-corrected chi connectivity index (χ0v) is 20.3. The van der Waals surface area contributed by atoms with Crippen molar-refractivity contribution in [1.82, 2.24) is 0 Å². The highest BCUT2D eigenvalue weighted by Gasteiger charge is 2.12. The van der Waals surface area contributed by atoms with Crippen LogP contribution in [-0.4, -0.2) is 38.4 Å². The lowest BCUT2D eigenvalue weighted by molar-refractivity contribution is 0.0447. The van der Waals surface area contributed by atoms with Crippen molar-refractivity contribution in [3.8, 4) is 11.5 Å². The van der Waals surface area contributed by atoms with Crippen LogP contribution in [0.4, 0.5) is 0 Å². The van der Waals surface area contributed by atoms with Gasteiger partial charge in [-0.05, 0) is 73.7 Å². The van der Waals surface area contributed by atoms with E-state index in [0.29, 0.717) is 48.4 Å². The van der Waals surface area contributed by atoms with Gasteiger partial charge in [0.05, 0.1) is 30.9 Å². The summed E-state index contributed by atoms with van der Waals surface area (Å²) in [5, 5.41) is 0. The molecule has 0 fully saturated rings. The van der Waals surface area contributed by atoms with Gasteiger partial charge in [0.1, 0.15) is 11.5 Å². The molecule has 0 spiro atoms. The lowest BCUT2D eigenvalue weighted by Gasteiger charge is -2.10. The highest BCUT2D eigenvalue weighted by molar-refractivity contribution is 5.92. The van der Waals surface area contributed by atoms with E-state index in [2.05, 4.69) is 13.5 Å². The summed E-state index contributed by atoms with van der Waals surface area (Å²) in [5.74, 6) is 0.535. The van der Waals surface area contributed by atoms with Gasteiger partial charge in [0.25, 0.3) is 0 Å². The summed E-state index contributed by atoms with van der Waals surface area (Å²) in [4.78, 5) is 24.5. The van der Waals surface area contributed by atoms with E-state index in [0.717, 1.165) is 38.7 Å². The average molecular weight is 469 g/mol.